The van der Waals surface area contributed by atoms with Gasteiger partial charge in [-0.2, -0.15) is 0 Å². The summed E-state index contributed by atoms with van der Waals surface area (Å²) in [5.74, 6) is -1.92. The molecule has 0 aliphatic carbocycles. The van der Waals surface area contributed by atoms with Crippen LogP contribution in [-0.4, -0.2) is 35.0 Å². The highest BCUT2D eigenvalue weighted by molar-refractivity contribution is 6.34. The second-order valence-corrected chi connectivity index (χ2v) is 7.00. The van der Waals surface area contributed by atoms with Crippen LogP contribution in [-0.2, 0) is 4.79 Å². The first kappa shape index (κ1) is 17.5. The molecule has 1 saturated heterocycles. The fourth-order valence-electron chi connectivity index (χ4n) is 3.37. The van der Waals surface area contributed by atoms with Gasteiger partial charge in [-0.05, 0) is 42.7 Å². The summed E-state index contributed by atoms with van der Waals surface area (Å²) < 4.78 is 0. The average Bonchev–Trinajstić information content (AvgIpc) is 3.04. The molecule has 0 radical (unpaired) electrons. The van der Waals surface area contributed by atoms with Crippen molar-refractivity contribution in [2.75, 3.05) is 13.1 Å². The number of aliphatic carboxylic acids is 1. The summed E-state index contributed by atoms with van der Waals surface area (Å²) in [4.78, 5) is 26.2. The molecule has 1 aliphatic rings. The average molecular weight is 358 g/mol. The van der Waals surface area contributed by atoms with Crippen LogP contribution in [0.5, 0.6) is 0 Å². The van der Waals surface area contributed by atoms with E-state index in [0.29, 0.717) is 17.1 Å². The third-order valence-electron chi connectivity index (χ3n) is 4.97. The van der Waals surface area contributed by atoms with Crippen molar-refractivity contribution < 1.29 is 14.7 Å². The fraction of sp³-hybridized carbons (Fsp3) is 0.300. The SMILES string of the molecule is Cc1cc(Cl)c(C(=O)N2CC(C(=O)O)C(c3ccccc3)C2)cc1C. The van der Waals surface area contributed by atoms with Crippen molar-refractivity contribution in [2.45, 2.75) is 19.8 Å². The first-order valence-corrected chi connectivity index (χ1v) is 8.60. The smallest absolute Gasteiger partial charge is 0.308 e. The lowest BCUT2D eigenvalue weighted by molar-refractivity contribution is -0.141. The Balaban J connectivity index is 1.90. The summed E-state index contributed by atoms with van der Waals surface area (Å²) in [7, 11) is 0. The molecule has 0 aromatic heterocycles. The summed E-state index contributed by atoms with van der Waals surface area (Å²) in [5.41, 5.74) is 3.38. The topological polar surface area (TPSA) is 57.6 Å². The number of carboxylic acids is 1. The third kappa shape index (κ3) is 3.40. The second kappa shape index (κ2) is 6.89. The zero-order valence-electron chi connectivity index (χ0n) is 14.2. The van der Waals surface area contributed by atoms with Gasteiger partial charge in [-0.25, -0.2) is 0 Å². The Labute approximate surface area is 152 Å². The number of likely N-dealkylation sites (tertiary alicyclic amines) is 1. The minimum atomic E-state index is -0.879. The van der Waals surface area contributed by atoms with Gasteiger partial charge in [-0.3, -0.25) is 9.59 Å². The second-order valence-electron chi connectivity index (χ2n) is 6.59. The number of amides is 1. The lowest BCUT2D eigenvalue weighted by Crippen LogP contribution is -2.30. The molecule has 25 heavy (non-hydrogen) atoms. The van der Waals surface area contributed by atoms with Crippen LogP contribution in [0, 0.1) is 19.8 Å². The number of nitrogens with zero attached hydrogens (tertiary/aromatic N) is 1. The van der Waals surface area contributed by atoms with Gasteiger partial charge in [0.15, 0.2) is 0 Å². The van der Waals surface area contributed by atoms with Crippen molar-refractivity contribution in [3.05, 3.63) is 69.7 Å². The maximum absolute atomic E-state index is 12.9. The van der Waals surface area contributed by atoms with Crippen LogP contribution in [0.25, 0.3) is 0 Å². The highest BCUT2D eigenvalue weighted by atomic mass is 35.5. The molecule has 1 aliphatic heterocycles. The van der Waals surface area contributed by atoms with Gasteiger partial charge in [-0.1, -0.05) is 41.9 Å². The minimum absolute atomic E-state index is 0.191. The van der Waals surface area contributed by atoms with E-state index in [2.05, 4.69) is 0 Å². The molecule has 1 amide bonds. The first-order valence-electron chi connectivity index (χ1n) is 8.22. The van der Waals surface area contributed by atoms with Crippen molar-refractivity contribution in [3.8, 4) is 0 Å². The van der Waals surface area contributed by atoms with Crippen molar-refractivity contribution in [3.63, 3.8) is 0 Å². The Bertz CT molecular complexity index is 819. The lowest BCUT2D eigenvalue weighted by atomic mass is 9.89. The predicted molar refractivity (Wildman–Crippen MR) is 97.1 cm³/mol. The molecule has 2 aromatic carbocycles. The van der Waals surface area contributed by atoms with E-state index in [9.17, 15) is 14.7 Å². The van der Waals surface area contributed by atoms with Crippen LogP contribution < -0.4 is 0 Å². The number of hydrogen-bond acceptors (Lipinski definition) is 2. The number of aryl methyl sites for hydroxylation is 2. The van der Waals surface area contributed by atoms with Gasteiger partial charge >= 0.3 is 5.97 Å². The van der Waals surface area contributed by atoms with Crippen LogP contribution in [0.15, 0.2) is 42.5 Å². The molecular weight excluding hydrogens is 338 g/mol. The molecule has 1 heterocycles. The zero-order valence-corrected chi connectivity index (χ0v) is 15.0. The lowest BCUT2D eigenvalue weighted by Gasteiger charge is -2.18. The van der Waals surface area contributed by atoms with Crippen molar-refractivity contribution in [2.24, 2.45) is 5.92 Å². The van der Waals surface area contributed by atoms with Crippen LogP contribution >= 0.6 is 11.6 Å². The van der Waals surface area contributed by atoms with Gasteiger partial charge in [0.25, 0.3) is 5.91 Å². The van der Waals surface area contributed by atoms with Crippen LogP contribution in [0.4, 0.5) is 0 Å². The van der Waals surface area contributed by atoms with Gasteiger partial charge < -0.3 is 10.0 Å². The van der Waals surface area contributed by atoms with E-state index in [0.717, 1.165) is 16.7 Å². The quantitative estimate of drug-likeness (QED) is 0.906. The van der Waals surface area contributed by atoms with E-state index in [1.54, 1.807) is 17.0 Å². The fourth-order valence-corrected chi connectivity index (χ4v) is 3.67. The summed E-state index contributed by atoms with van der Waals surface area (Å²) in [6.07, 6.45) is 0. The van der Waals surface area contributed by atoms with Crippen LogP contribution in [0.2, 0.25) is 5.02 Å². The molecule has 0 saturated carbocycles. The van der Waals surface area contributed by atoms with E-state index < -0.39 is 11.9 Å². The largest absolute Gasteiger partial charge is 0.481 e. The molecule has 130 valence electrons. The van der Waals surface area contributed by atoms with E-state index in [1.165, 1.54) is 0 Å². The van der Waals surface area contributed by atoms with Crippen molar-refractivity contribution >= 4 is 23.5 Å². The van der Waals surface area contributed by atoms with E-state index in [4.69, 9.17) is 11.6 Å². The molecule has 2 atom stereocenters. The minimum Gasteiger partial charge on any atom is -0.481 e. The predicted octanol–water partition coefficient (Wildman–Crippen LogP) is 3.90. The number of hydrogen-bond donors (Lipinski definition) is 1. The number of halogens is 1. The molecule has 1 N–H and O–H groups in total. The first-order chi connectivity index (χ1) is 11.9. The molecular formula is C20H20ClNO3. The standard InChI is InChI=1S/C20H20ClNO3/c1-12-8-15(18(21)9-13(12)2)19(23)22-10-16(17(11-22)20(24)25)14-6-4-3-5-7-14/h3-9,16-17H,10-11H2,1-2H3,(H,24,25). The van der Waals surface area contributed by atoms with Gasteiger partial charge in [0, 0.05) is 19.0 Å². The molecule has 0 spiro atoms. The Morgan fingerprint density at radius 1 is 1.08 bits per heavy atom. The number of carboxylic acid groups (broad SMARTS) is 1. The summed E-state index contributed by atoms with van der Waals surface area (Å²) >= 11 is 6.26. The third-order valence-corrected chi connectivity index (χ3v) is 5.28. The van der Waals surface area contributed by atoms with Gasteiger partial charge in [-0.15, -0.1) is 0 Å². The highest BCUT2D eigenvalue weighted by Gasteiger charge is 2.40. The number of carbonyl (C=O) groups is 2. The number of carbonyl (C=O) groups excluding carboxylic acids is 1. The Morgan fingerprint density at radius 3 is 2.36 bits per heavy atom. The highest BCUT2D eigenvalue weighted by Crippen LogP contribution is 2.34. The van der Waals surface area contributed by atoms with Gasteiger partial charge in [0.2, 0.25) is 0 Å². The molecule has 4 nitrogen and oxygen atoms in total. The van der Waals surface area contributed by atoms with E-state index in [-0.39, 0.29) is 18.4 Å². The normalized spacial score (nSPS) is 19.9. The van der Waals surface area contributed by atoms with Gasteiger partial charge in [0.1, 0.15) is 0 Å². The molecule has 3 rings (SSSR count). The van der Waals surface area contributed by atoms with E-state index in [1.807, 2.05) is 44.2 Å². The van der Waals surface area contributed by atoms with Crippen LogP contribution in [0.3, 0.4) is 0 Å². The zero-order chi connectivity index (χ0) is 18.1. The molecule has 2 aromatic rings. The Kier molecular flexibility index (Phi) is 4.82. The monoisotopic (exact) mass is 357 g/mol. The molecule has 0 bridgehead atoms. The maximum Gasteiger partial charge on any atom is 0.308 e. The summed E-state index contributed by atoms with van der Waals surface area (Å²) in [5, 5.41) is 9.99. The Morgan fingerprint density at radius 2 is 1.72 bits per heavy atom. The molecule has 5 heteroatoms. The maximum atomic E-state index is 12.9. The summed E-state index contributed by atoms with van der Waals surface area (Å²) in [6, 6.07) is 13.1. The molecule has 2 unspecified atom stereocenters. The van der Waals surface area contributed by atoms with Gasteiger partial charge in [0.05, 0.1) is 16.5 Å². The number of rotatable bonds is 3. The summed E-state index contributed by atoms with van der Waals surface area (Å²) in [6.45, 7) is 4.44. The van der Waals surface area contributed by atoms with Crippen LogP contribution in [0.1, 0.15) is 33.0 Å². The Hall–Kier alpha value is -2.33. The van der Waals surface area contributed by atoms with Crippen molar-refractivity contribution in [1.82, 2.24) is 4.90 Å². The number of benzene rings is 2. The van der Waals surface area contributed by atoms with Crippen molar-refractivity contribution in [1.29, 1.82) is 0 Å². The van der Waals surface area contributed by atoms with E-state index >= 15 is 0 Å². The molecule has 1 fully saturated rings.